The second-order valence-electron chi connectivity index (χ2n) is 17.6. The van der Waals surface area contributed by atoms with Crippen LogP contribution in [0.15, 0.2) is 235 Å². The van der Waals surface area contributed by atoms with Crippen molar-refractivity contribution >= 4 is 124 Å². The van der Waals surface area contributed by atoms with E-state index in [1.807, 2.05) is 24.3 Å². The molecular weight excluding hydrogens is 863 g/mol. The molecule has 0 bridgehead atoms. The highest BCUT2D eigenvalue weighted by molar-refractivity contribution is 7.26. The molecule has 0 atom stereocenters. The van der Waals surface area contributed by atoms with Crippen molar-refractivity contribution in [3.63, 3.8) is 0 Å². The molecule has 3 aromatic heterocycles. The SMILES string of the molecule is C=C(C)C(=NC(=NC(=C)c1ccc2c(c1)sc1ccccc12)c1ccc(-n2c3cc4ccccc4cc3c3cc4ccccc4cc32)c2sc3ccccc3c12)c1ccc(-c2ccccc2)cc1. The van der Waals surface area contributed by atoms with Crippen LogP contribution >= 0.6 is 22.7 Å². The minimum absolute atomic E-state index is 0.580. The molecule has 0 radical (unpaired) electrons. The fourth-order valence-corrected chi connectivity index (χ4v) is 12.4. The van der Waals surface area contributed by atoms with Crippen molar-refractivity contribution in [1.29, 1.82) is 0 Å². The zero-order valence-corrected chi connectivity index (χ0v) is 38.8. The van der Waals surface area contributed by atoms with Crippen LogP contribution in [0.2, 0.25) is 0 Å². The van der Waals surface area contributed by atoms with Gasteiger partial charge in [-0.3, -0.25) is 0 Å². The van der Waals surface area contributed by atoms with Crippen LogP contribution in [-0.2, 0) is 0 Å². The van der Waals surface area contributed by atoms with E-state index in [4.69, 9.17) is 9.98 Å². The van der Waals surface area contributed by atoms with Crippen LogP contribution in [0.3, 0.4) is 0 Å². The summed E-state index contributed by atoms with van der Waals surface area (Å²) in [5.41, 5.74) is 10.9. The fraction of sp³-hybridized carbons (Fsp3) is 0.0159. The first-order chi connectivity index (χ1) is 33.4. The largest absolute Gasteiger partial charge is 0.308 e. The minimum atomic E-state index is 0.580. The average Bonchev–Trinajstić information content (AvgIpc) is 4.05. The van der Waals surface area contributed by atoms with Crippen molar-refractivity contribution in [3.8, 4) is 16.8 Å². The normalized spacial score (nSPS) is 12.5. The number of rotatable bonds is 7. The Bertz CT molecular complexity index is 4200. The number of allylic oxidation sites excluding steroid dienone is 1. The summed E-state index contributed by atoms with van der Waals surface area (Å²) in [4.78, 5) is 11.1. The molecule has 320 valence electrons. The van der Waals surface area contributed by atoms with E-state index < -0.39 is 0 Å². The zero-order valence-electron chi connectivity index (χ0n) is 37.2. The Labute approximate surface area is 401 Å². The van der Waals surface area contributed by atoms with Gasteiger partial charge in [0.1, 0.15) is 0 Å². The van der Waals surface area contributed by atoms with Crippen LogP contribution in [-0.4, -0.2) is 16.1 Å². The van der Waals surface area contributed by atoms with Gasteiger partial charge in [-0.15, -0.1) is 22.7 Å². The molecule has 68 heavy (non-hydrogen) atoms. The maximum absolute atomic E-state index is 5.58. The Morgan fingerprint density at radius 3 is 1.65 bits per heavy atom. The predicted molar refractivity (Wildman–Crippen MR) is 297 cm³/mol. The second kappa shape index (κ2) is 16.0. The lowest BCUT2D eigenvalue weighted by atomic mass is 9.99. The van der Waals surface area contributed by atoms with E-state index in [-0.39, 0.29) is 0 Å². The van der Waals surface area contributed by atoms with Crippen molar-refractivity contribution in [2.75, 3.05) is 0 Å². The van der Waals surface area contributed by atoms with Gasteiger partial charge in [0.25, 0.3) is 0 Å². The first-order valence-corrected chi connectivity index (χ1v) is 24.5. The number of hydrogen-bond donors (Lipinski definition) is 0. The molecule has 0 spiro atoms. The molecule has 0 N–H and O–H groups in total. The van der Waals surface area contributed by atoms with Gasteiger partial charge in [0.2, 0.25) is 0 Å². The van der Waals surface area contributed by atoms with Crippen LogP contribution in [0.25, 0.3) is 106 Å². The standard InChI is InChI=1S/C63H41N3S2/c1-38(2)61(42-27-25-41(26-28-42)40-15-5-4-6-16-40)65-63(64-39(3)43-29-30-49-48-21-11-13-23-57(48)67-59(49)37-43)51-31-32-54(62-60(51)50-22-12-14-24-58(50)68-62)66-55-35-46-19-9-7-17-44(46)33-52(55)53-34-45-18-8-10-20-47(45)36-56(53)66/h4-37H,1,3H2,2H3. The monoisotopic (exact) mass is 903 g/mol. The third-order valence-corrected chi connectivity index (χ3v) is 15.7. The molecular formula is C63H41N3S2. The molecule has 0 saturated carbocycles. The van der Waals surface area contributed by atoms with Crippen molar-refractivity contribution in [3.05, 3.63) is 242 Å². The predicted octanol–water partition coefficient (Wildman–Crippen LogP) is 18.0. The Balaban J connectivity index is 1.07. The number of fused-ring (bicyclic) bond motifs is 11. The third-order valence-electron chi connectivity index (χ3n) is 13.3. The molecule has 5 heteroatoms. The van der Waals surface area contributed by atoms with E-state index >= 15 is 0 Å². The van der Waals surface area contributed by atoms with Gasteiger partial charge in [-0.2, -0.15) is 0 Å². The molecule has 3 nitrogen and oxygen atoms in total. The molecule has 10 aromatic carbocycles. The summed E-state index contributed by atoms with van der Waals surface area (Å²) in [7, 11) is 0. The quantitative estimate of drug-likeness (QED) is 0.113. The summed E-state index contributed by atoms with van der Waals surface area (Å²) in [5.74, 6) is 0.580. The third kappa shape index (κ3) is 6.62. The van der Waals surface area contributed by atoms with Crippen molar-refractivity contribution in [2.24, 2.45) is 9.98 Å². The average molecular weight is 904 g/mol. The van der Waals surface area contributed by atoms with Gasteiger partial charge in [0.05, 0.1) is 32.8 Å². The summed E-state index contributed by atoms with van der Waals surface area (Å²) in [6, 6.07) is 74.3. The van der Waals surface area contributed by atoms with Gasteiger partial charge in [0, 0.05) is 63.1 Å². The highest BCUT2D eigenvalue weighted by atomic mass is 32.1. The lowest BCUT2D eigenvalue weighted by Crippen LogP contribution is -2.09. The number of benzene rings is 10. The lowest BCUT2D eigenvalue weighted by molar-refractivity contribution is 1.20. The van der Waals surface area contributed by atoms with E-state index in [9.17, 15) is 0 Å². The maximum Gasteiger partial charge on any atom is 0.161 e. The van der Waals surface area contributed by atoms with E-state index in [0.717, 1.165) is 54.7 Å². The molecule has 13 aromatic rings. The summed E-state index contributed by atoms with van der Waals surface area (Å²) in [5, 5.41) is 12.1. The number of aromatic nitrogens is 1. The van der Waals surface area contributed by atoms with E-state index in [0.29, 0.717) is 11.5 Å². The Morgan fingerprint density at radius 2 is 0.985 bits per heavy atom. The highest BCUT2D eigenvalue weighted by Crippen LogP contribution is 2.45. The van der Waals surface area contributed by atoms with Crippen LogP contribution in [0, 0.1) is 0 Å². The Hall–Kier alpha value is -8.22. The summed E-state index contributed by atoms with van der Waals surface area (Å²) in [6.07, 6.45) is 0. The van der Waals surface area contributed by atoms with Crippen LogP contribution in [0.4, 0.5) is 0 Å². The first kappa shape index (κ1) is 40.1. The number of nitrogens with zero attached hydrogens (tertiary/aromatic N) is 3. The lowest BCUT2D eigenvalue weighted by Gasteiger charge is -2.15. The number of hydrogen-bond acceptors (Lipinski definition) is 3. The molecule has 0 fully saturated rings. The minimum Gasteiger partial charge on any atom is -0.308 e. The van der Waals surface area contributed by atoms with Crippen LogP contribution in [0.5, 0.6) is 0 Å². The Kier molecular flexibility index (Phi) is 9.43. The van der Waals surface area contributed by atoms with Crippen molar-refractivity contribution < 1.29 is 0 Å². The molecule has 0 aliphatic rings. The first-order valence-electron chi connectivity index (χ1n) is 22.8. The van der Waals surface area contributed by atoms with Gasteiger partial charge in [-0.25, -0.2) is 9.98 Å². The fourth-order valence-electron chi connectivity index (χ4n) is 10.0. The second-order valence-corrected chi connectivity index (χ2v) is 19.7. The molecule has 0 saturated heterocycles. The van der Waals surface area contributed by atoms with Crippen LogP contribution in [0.1, 0.15) is 23.6 Å². The molecule has 0 unspecified atom stereocenters. The molecule has 3 heterocycles. The summed E-state index contributed by atoms with van der Waals surface area (Å²) >= 11 is 3.62. The molecule has 0 aliphatic carbocycles. The van der Waals surface area contributed by atoms with Crippen molar-refractivity contribution in [1.82, 2.24) is 4.57 Å². The van der Waals surface area contributed by atoms with Gasteiger partial charge >= 0.3 is 0 Å². The maximum atomic E-state index is 5.58. The van der Waals surface area contributed by atoms with Crippen molar-refractivity contribution in [2.45, 2.75) is 6.92 Å². The molecule has 0 amide bonds. The number of thiophene rings is 2. The summed E-state index contributed by atoms with van der Waals surface area (Å²) in [6.45, 7) is 11.2. The Morgan fingerprint density at radius 1 is 0.441 bits per heavy atom. The van der Waals surface area contributed by atoms with Gasteiger partial charge in [-0.1, -0.05) is 165 Å². The zero-order chi connectivity index (χ0) is 45.5. The van der Waals surface area contributed by atoms with Crippen LogP contribution < -0.4 is 0 Å². The molecule has 0 aliphatic heterocycles. The van der Waals surface area contributed by atoms with Gasteiger partial charge in [0.15, 0.2) is 5.84 Å². The van der Waals surface area contributed by atoms with E-state index in [1.54, 1.807) is 11.3 Å². The number of amidine groups is 1. The molecule has 13 rings (SSSR count). The van der Waals surface area contributed by atoms with E-state index in [2.05, 4.69) is 218 Å². The highest BCUT2D eigenvalue weighted by Gasteiger charge is 2.23. The smallest absolute Gasteiger partial charge is 0.161 e. The summed E-state index contributed by atoms with van der Waals surface area (Å²) < 4.78 is 7.31. The number of aliphatic imine (C=N–C) groups is 2. The van der Waals surface area contributed by atoms with Gasteiger partial charge < -0.3 is 4.57 Å². The van der Waals surface area contributed by atoms with E-state index in [1.165, 1.54) is 73.8 Å². The van der Waals surface area contributed by atoms with Gasteiger partial charge in [-0.05, 0) is 99.8 Å². The topological polar surface area (TPSA) is 29.6 Å².